The lowest BCUT2D eigenvalue weighted by molar-refractivity contribution is 1.11. The van der Waals surface area contributed by atoms with Gasteiger partial charge in [-0.25, -0.2) is 9.97 Å². The van der Waals surface area contributed by atoms with Crippen LogP contribution in [0.1, 0.15) is 11.1 Å². The van der Waals surface area contributed by atoms with E-state index in [-0.39, 0.29) is 0 Å². The molecule has 0 saturated carbocycles. The average Bonchev–Trinajstić information content (AvgIpc) is 2.72. The predicted octanol–water partition coefficient (Wildman–Crippen LogP) is 4.78. The lowest BCUT2D eigenvalue weighted by Crippen LogP contribution is -2.04. The first-order valence-corrected chi connectivity index (χ1v) is 8.38. The van der Waals surface area contributed by atoms with Gasteiger partial charge in [0, 0.05) is 17.5 Å². The van der Waals surface area contributed by atoms with Gasteiger partial charge in [0.05, 0.1) is 17.1 Å². The number of anilines is 1. The molecule has 4 rings (SSSR count). The van der Waals surface area contributed by atoms with Crippen LogP contribution in [0.5, 0.6) is 0 Å². The van der Waals surface area contributed by atoms with Crippen LogP contribution < -0.4 is 5.32 Å². The molecule has 0 amide bonds. The van der Waals surface area contributed by atoms with Crippen LogP contribution in [0.2, 0.25) is 0 Å². The van der Waals surface area contributed by atoms with Crippen molar-refractivity contribution in [2.75, 3.05) is 5.32 Å². The Hall–Kier alpha value is -3.71. The van der Waals surface area contributed by atoms with Crippen LogP contribution in [0, 0.1) is 11.3 Å². The summed E-state index contributed by atoms with van der Waals surface area (Å²) in [4.78, 5) is 9.41. The Morgan fingerprint density at radius 1 is 0.846 bits per heavy atom. The molecular formula is C22H16N4. The molecule has 0 atom stereocenters. The molecule has 4 heteroatoms. The van der Waals surface area contributed by atoms with E-state index in [1.807, 2.05) is 60.7 Å². The van der Waals surface area contributed by atoms with E-state index in [2.05, 4.69) is 28.5 Å². The van der Waals surface area contributed by atoms with Gasteiger partial charge in [0.25, 0.3) is 0 Å². The summed E-state index contributed by atoms with van der Waals surface area (Å²) in [6.07, 6.45) is 0. The Morgan fingerprint density at radius 3 is 2.50 bits per heavy atom. The molecule has 4 nitrogen and oxygen atoms in total. The molecule has 0 spiro atoms. The SMILES string of the molecule is N#Cc1cccc(-c2nc(NCc3ccccc3)c3ccccc3n2)c1. The van der Waals surface area contributed by atoms with Gasteiger partial charge in [0.1, 0.15) is 5.82 Å². The summed E-state index contributed by atoms with van der Waals surface area (Å²) in [5, 5.41) is 13.5. The number of nitriles is 1. The minimum atomic E-state index is 0.595. The van der Waals surface area contributed by atoms with Gasteiger partial charge < -0.3 is 5.32 Å². The molecular weight excluding hydrogens is 320 g/mol. The van der Waals surface area contributed by atoms with Crippen LogP contribution >= 0.6 is 0 Å². The second kappa shape index (κ2) is 7.04. The highest BCUT2D eigenvalue weighted by Crippen LogP contribution is 2.25. The van der Waals surface area contributed by atoms with E-state index in [1.165, 1.54) is 5.56 Å². The first-order valence-electron chi connectivity index (χ1n) is 8.38. The van der Waals surface area contributed by atoms with Crippen molar-refractivity contribution in [1.29, 1.82) is 5.26 Å². The van der Waals surface area contributed by atoms with E-state index in [0.717, 1.165) is 22.3 Å². The summed E-state index contributed by atoms with van der Waals surface area (Å²) in [5.74, 6) is 1.40. The van der Waals surface area contributed by atoms with Gasteiger partial charge in [-0.05, 0) is 29.8 Å². The normalized spacial score (nSPS) is 10.4. The maximum absolute atomic E-state index is 9.14. The van der Waals surface area contributed by atoms with E-state index in [0.29, 0.717) is 17.9 Å². The smallest absolute Gasteiger partial charge is 0.162 e. The number of nitrogens with zero attached hydrogens (tertiary/aromatic N) is 3. The van der Waals surface area contributed by atoms with Crippen molar-refractivity contribution in [3.05, 3.63) is 90.0 Å². The van der Waals surface area contributed by atoms with Crippen LogP contribution in [0.25, 0.3) is 22.3 Å². The van der Waals surface area contributed by atoms with Gasteiger partial charge in [0.2, 0.25) is 0 Å². The van der Waals surface area contributed by atoms with Gasteiger partial charge in [0.15, 0.2) is 5.82 Å². The zero-order chi connectivity index (χ0) is 17.8. The minimum absolute atomic E-state index is 0.595. The highest BCUT2D eigenvalue weighted by molar-refractivity contribution is 5.90. The zero-order valence-electron chi connectivity index (χ0n) is 14.1. The van der Waals surface area contributed by atoms with Crippen molar-refractivity contribution in [3.63, 3.8) is 0 Å². The van der Waals surface area contributed by atoms with E-state index in [9.17, 15) is 0 Å². The fraction of sp³-hybridized carbons (Fsp3) is 0.0455. The van der Waals surface area contributed by atoms with Gasteiger partial charge >= 0.3 is 0 Å². The van der Waals surface area contributed by atoms with Crippen LogP contribution in [0.15, 0.2) is 78.9 Å². The molecule has 0 unspecified atom stereocenters. The van der Waals surface area contributed by atoms with E-state index in [1.54, 1.807) is 6.07 Å². The lowest BCUT2D eigenvalue weighted by atomic mass is 10.1. The van der Waals surface area contributed by atoms with Crippen molar-refractivity contribution in [3.8, 4) is 17.5 Å². The van der Waals surface area contributed by atoms with Crippen molar-refractivity contribution in [2.45, 2.75) is 6.54 Å². The molecule has 4 aromatic rings. The number of fused-ring (bicyclic) bond motifs is 1. The van der Waals surface area contributed by atoms with Crippen molar-refractivity contribution >= 4 is 16.7 Å². The summed E-state index contributed by atoms with van der Waals surface area (Å²) >= 11 is 0. The average molecular weight is 336 g/mol. The molecule has 0 bridgehead atoms. The Kier molecular flexibility index (Phi) is 4.28. The maximum atomic E-state index is 9.14. The second-order valence-corrected chi connectivity index (χ2v) is 5.94. The molecule has 0 aliphatic carbocycles. The van der Waals surface area contributed by atoms with Gasteiger partial charge in [-0.1, -0.05) is 54.6 Å². The fourth-order valence-corrected chi connectivity index (χ4v) is 2.85. The standard InChI is InChI=1S/C22H16N4/c23-14-17-9-6-10-18(13-17)21-25-20-12-5-4-11-19(20)22(26-21)24-15-16-7-2-1-3-8-16/h1-13H,15H2,(H,24,25,26). The van der Waals surface area contributed by atoms with Gasteiger partial charge in [-0.2, -0.15) is 5.26 Å². The zero-order valence-corrected chi connectivity index (χ0v) is 14.1. The Labute approximate surface area is 151 Å². The summed E-state index contributed by atoms with van der Waals surface area (Å²) in [6.45, 7) is 0.680. The second-order valence-electron chi connectivity index (χ2n) is 5.94. The monoisotopic (exact) mass is 336 g/mol. The molecule has 1 N–H and O–H groups in total. The number of hydrogen-bond acceptors (Lipinski definition) is 4. The molecule has 0 radical (unpaired) electrons. The molecule has 1 heterocycles. The molecule has 0 fully saturated rings. The summed E-state index contributed by atoms with van der Waals surface area (Å²) in [6, 6.07) is 27.7. The van der Waals surface area contributed by atoms with E-state index in [4.69, 9.17) is 10.2 Å². The first-order chi connectivity index (χ1) is 12.8. The van der Waals surface area contributed by atoms with Crippen molar-refractivity contribution in [1.82, 2.24) is 9.97 Å². The molecule has 26 heavy (non-hydrogen) atoms. The number of benzene rings is 3. The molecule has 124 valence electrons. The molecule has 3 aromatic carbocycles. The molecule has 1 aromatic heterocycles. The highest BCUT2D eigenvalue weighted by Gasteiger charge is 2.09. The third kappa shape index (κ3) is 3.24. The number of rotatable bonds is 4. The van der Waals surface area contributed by atoms with Crippen LogP contribution in [0.3, 0.4) is 0 Å². The molecule has 0 aliphatic heterocycles. The van der Waals surface area contributed by atoms with Gasteiger partial charge in [-0.3, -0.25) is 0 Å². The predicted molar refractivity (Wildman–Crippen MR) is 103 cm³/mol. The number of aromatic nitrogens is 2. The third-order valence-corrected chi connectivity index (χ3v) is 4.16. The van der Waals surface area contributed by atoms with Crippen molar-refractivity contribution in [2.24, 2.45) is 0 Å². The van der Waals surface area contributed by atoms with Gasteiger partial charge in [-0.15, -0.1) is 0 Å². The Bertz CT molecular complexity index is 1100. The number of para-hydroxylation sites is 1. The van der Waals surface area contributed by atoms with Crippen LogP contribution in [0.4, 0.5) is 5.82 Å². The topological polar surface area (TPSA) is 61.6 Å². The summed E-state index contributed by atoms with van der Waals surface area (Å²) in [7, 11) is 0. The number of hydrogen-bond donors (Lipinski definition) is 1. The molecule has 0 saturated heterocycles. The highest BCUT2D eigenvalue weighted by atomic mass is 15.0. The van der Waals surface area contributed by atoms with E-state index >= 15 is 0 Å². The molecule has 0 aliphatic rings. The lowest BCUT2D eigenvalue weighted by Gasteiger charge is -2.11. The Morgan fingerprint density at radius 2 is 1.65 bits per heavy atom. The number of nitrogens with one attached hydrogen (secondary N) is 1. The summed E-state index contributed by atoms with van der Waals surface area (Å²) < 4.78 is 0. The van der Waals surface area contributed by atoms with E-state index < -0.39 is 0 Å². The first kappa shape index (κ1) is 15.8. The Balaban J connectivity index is 1.77. The van der Waals surface area contributed by atoms with Crippen LogP contribution in [-0.2, 0) is 6.54 Å². The minimum Gasteiger partial charge on any atom is -0.365 e. The van der Waals surface area contributed by atoms with Crippen LogP contribution in [-0.4, -0.2) is 9.97 Å². The maximum Gasteiger partial charge on any atom is 0.162 e. The summed E-state index contributed by atoms with van der Waals surface area (Å²) in [5.41, 5.74) is 3.48. The third-order valence-electron chi connectivity index (χ3n) is 4.16. The largest absolute Gasteiger partial charge is 0.365 e. The fourth-order valence-electron chi connectivity index (χ4n) is 2.85. The van der Waals surface area contributed by atoms with Crippen molar-refractivity contribution < 1.29 is 0 Å². The quantitative estimate of drug-likeness (QED) is 0.582.